The molecule has 2 atom stereocenters. The van der Waals surface area contributed by atoms with Crippen molar-refractivity contribution in [3.63, 3.8) is 0 Å². The SMILES string of the molecule is OCC1C[C@H]2CC[C@H](C1)C2O. The van der Waals surface area contributed by atoms with E-state index in [-0.39, 0.29) is 6.10 Å². The van der Waals surface area contributed by atoms with Gasteiger partial charge in [0.25, 0.3) is 0 Å². The molecule has 0 saturated heterocycles. The number of hydrogen-bond acceptors (Lipinski definition) is 2. The second-order valence-electron chi connectivity index (χ2n) is 4.11. The molecule has 2 aliphatic rings. The van der Waals surface area contributed by atoms with E-state index in [0.717, 1.165) is 12.8 Å². The van der Waals surface area contributed by atoms with Gasteiger partial charge in [-0.2, -0.15) is 0 Å². The standard InChI is InChI=1S/C9H16O2/c10-5-6-3-7-1-2-8(4-6)9(7)11/h6-11H,1-5H2/t6?,7-,8-,9?/m1/s1. The van der Waals surface area contributed by atoms with Gasteiger partial charge in [-0.3, -0.25) is 0 Å². The highest BCUT2D eigenvalue weighted by atomic mass is 16.3. The first-order valence-electron chi connectivity index (χ1n) is 4.60. The summed E-state index contributed by atoms with van der Waals surface area (Å²) in [5.41, 5.74) is 0. The molecule has 2 aliphatic carbocycles. The maximum atomic E-state index is 9.64. The average molecular weight is 156 g/mol. The second-order valence-corrected chi connectivity index (χ2v) is 4.11. The molecule has 2 saturated carbocycles. The van der Waals surface area contributed by atoms with Gasteiger partial charge in [0.2, 0.25) is 0 Å². The summed E-state index contributed by atoms with van der Waals surface area (Å²) in [6, 6.07) is 0. The second kappa shape index (κ2) is 2.76. The number of hydrogen-bond donors (Lipinski definition) is 2. The minimum Gasteiger partial charge on any atom is -0.396 e. The van der Waals surface area contributed by atoms with Gasteiger partial charge in [0.15, 0.2) is 0 Å². The minimum absolute atomic E-state index is 0.0437. The van der Waals surface area contributed by atoms with Crippen molar-refractivity contribution in [3.05, 3.63) is 0 Å². The third kappa shape index (κ3) is 1.18. The Bertz CT molecular complexity index is 132. The van der Waals surface area contributed by atoms with Gasteiger partial charge in [0.05, 0.1) is 6.10 Å². The van der Waals surface area contributed by atoms with Crippen molar-refractivity contribution in [1.29, 1.82) is 0 Å². The zero-order chi connectivity index (χ0) is 7.84. The van der Waals surface area contributed by atoms with Gasteiger partial charge < -0.3 is 10.2 Å². The van der Waals surface area contributed by atoms with Gasteiger partial charge in [0.1, 0.15) is 0 Å². The van der Waals surface area contributed by atoms with E-state index < -0.39 is 0 Å². The first kappa shape index (κ1) is 7.56. The van der Waals surface area contributed by atoms with Gasteiger partial charge >= 0.3 is 0 Å². The average Bonchev–Trinajstić information content (AvgIpc) is 2.26. The highest BCUT2D eigenvalue weighted by Gasteiger charge is 2.41. The van der Waals surface area contributed by atoms with Gasteiger partial charge in [-0.1, -0.05) is 0 Å². The Morgan fingerprint density at radius 2 is 1.64 bits per heavy atom. The molecule has 2 bridgehead atoms. The van der Waals surface area contributed by atoms with E-state index in [1.807, 2.05) is 0 Å². The predicted molar refractivity (Wildman–Crippen MR) is 42.0 cm³/mol. The zero-order valence-electron chi connectivity index (χ0n) is 6.74. The molecule has 0 amide bonds. The molecule has 2 fully saturated rings. The largest absolute Gasteiger partial charge is 0.396 e. The Morgan fingerprint density at radius 3 is 2.09 bits per heavy atom. The fourth-order valence-corrected chi connectivity index (χ4v) is 2.77. The van der Waals surface area contributed by atoms with Crippen LogP contribution in [0.5, 0.6) is 0 Å². The Hall–Kier alpha value is -0.0800. The Morgan fingerprint density at radius 1 is 1.09 bits per heavy atom. The van der Waals surface area contributed by atoms with Crippen LogP contribution in [-0.4, -0.2) is 22.9 Å². The summed E-state index contributed by atoms with van der Waals surface area (Å²) in [5.74, 6) is 1.49. The van der Waals surface area contributed by atoms with Crippen LogP contribution in [0.25, 0.3) is 0 Å². The van der Waals surface area contributed by atoms with Gasteiger partial charge in [-0.05, 0) is 43.4 Å². The molecule has 0 aromatic carbocycles. The van der Waals surface area contributed by atoms with Crippen molar-refractivity contribution in [3.8, 4) is 0 Å². The molecular formula is C9H16O2. The number of aliphatic hydroxyl groups excluding tert-OH is 2. The number of rotatable bonds is 1. The van der Waals surface area contributed by atoms with E-state index in [4.69, 9.17) is 5.11 Å². The van der Waals surface area contributed by atoms with Crippen molar-refractivity contribution >= 4 is 0 Å². The molecular weight excluding hydrogens is 140 g/mol. The van der Waals surface area contributed by atoms with E-state index in [0.29, 0.717) is 24.4 Å². The third-order valence-corrected chi connectivity index (χ3v) is 3.40. The topological polar surface area (TPSA) is 40.5 Å². The molecule has 0 aromatic heterocycles. The predicted octanol–water partition coefficient (Wildman–Crippen LogP) is 0.776. The molecule has 0 unspecified atom stereocenters. The van der Waals surface area contributed by atoms with E-state index >= 15 is 0 Å². The van der Waals surface area contributed by atoms with Crippen molar-refractivity contribution in [2.45, 2.75) is 31.8 Å². The van der Waals surface area contributed by atoms with E-state index in [1.54, 1.807) is 0 Å². The minimum atomic E-state index is -0.0437. The lowest BCUT2D eigenvalue weighted by atomic mass is 9.79. The smallest absolute Gasteiger partial charge is 0.0596 e. The molecule has 0 aliphatic heterocycles. The Kier molecular flexibility index (Phi) is 1.90. The summed E-state index contributed by atoms with van der Waals surface area (Å²) in [7, 11) is 0. The monoisotopic (exact) mass is 156 g/mol. The van der Waals surface area contributed by atoms with E-state index in [1.165, 1.54) is 12.8 Å². The summed E-state index contributed by atoms with van der Waals surface area (Å²) < 4.78 is 0. The van der Waals surface area contributed by atoms with Gasteiger partial charge in [0, 0.05) is 6.61 Å². The van der Waals surface area contributed by atoms with Crippen LogP contribution in [0.4, 0.5) is 0 Å². The molecule has 0 spiro atoms. The van der Waals surface area contributed by atoms with Crippen LogP contribution in [0.1, 0.15) is 25.7 Å². The van der Waals surface area contributed by atoms with Crippen LogP contribution in [-0.2, 0) is 0 Å². The highest BCUT2D eigenvalue weighted by molar-refractivity contribution is 4.91. The molecule has 0 aromatic rings. The van der Waals surface area contributed by atoms with Crippen LogP contribution >= 0.6 is 0 Å². The fraction of sp³-hybridized carbons (Fsp3) is 1.00. The highest BCUT2D eigenvalue weighted by Crippen LogP contribution is 2.44. The molecule has 11 heavy (non-hydrogen) atoms. The van der Waals surface area contributed by atoms with Crippen LogP contribution in [0.3, 0.4) is 0 Å². The number of aliphatic hydroxyl groups is 2. The number of fused-ring (bicyclic) bond motifs is 2. The Labute approximate surface area is 67.2 Å². The van der Waals surface area contributed by atoms with E-state index in [9.17, 15) is 5.11 Å². The summed E-state index contributed by atoms with van der Waals surface area (Å²) in [6.45, 7) is 0.319. The molecule has 2 nitrogen and oxygen atoms in total. The van der Waals surface area contributed by atoms with Crippen LogP contribution < -0.4 is 0 Å². The summed E-state index contributed by atoms with van der Waals surface area (Å²) in [5, 5.41) is 18.6. The quantitative estimate of drug-likeness (QED) is 0.589. The maximum Gasteiger partial charge on any atom is 0.0596 e. The molecule has 2 heteroatoms. The maximum absolute atomic E-state index is 9.64. The van der Waals surface area contributed by atoms with Crippen molar-refractivity contribution in [1.82, 2.24) is 0 Å². The molecule has 2 rings (SSSR count). The third-order valence-electron chi connectivity index (χ3n) is 3.40. The van der Waals surface area contributed by atoms with Gasteiger partial charge in [-0.15, -0.1) is 0 Å². The van der Waals surface area contributed by atoms with Crippen LogP contribution in [0, 0.1) is 17.8 Å². The molecule has 0 radical (unpaired) electrons. The van der Waals surface area contributed by atoms with Crippen LogP contribution in [0.15, 0.2) is 0 Å². The van der Waals surface area contributed by atoms with Crippen LogP contribution in [0.2, 0.25) is 0 Å². The first-order chi connectivity index (χ1) is 5.31. The summed E-state index contributed by atoms with van der Waals surface area (Å²) in [6.07, 6.45) is 4.42. The summed E-state index contributed by atoms with van der Waals surface area (Å²) in [4.78, 5) is 0. The van der Waals surface area contributed by atoms with E-state index in [2.05, 4.69) is 0 Å². The lowest BCUT2D eigenvalue weighted by Crippen LogP contribution is -2.31. The lowest BCUT2D eigenvalue weighted by Gasteiger charge is -2.30. The normalized spacial score (nSPS) is 49.6. The van der Waals surface area contributed by atoms with Gasteiger partial charge in [-0.25, -0.2) is 0 Å². The Balaban J connectivity index is 2.02. The van der Waals surface area contributed by atoms with Crippen molar-refractivity contribution in [2.24, 2.45) is 17.8 Å². The summed E-state index contributed by atoms with van der Waals surface area (Å²) >= 11 is 0. The lowest BCUT2D eigenvalue weighted by molar-refractivity contribution is 0.0238. The van der Waals surface area contributed by atoms with Crippen molar-refractivity contribution in [2.75, 3.05) is 6.61 Å². The molecule has 0 heterocycles. The molecule has 2 N–H and O–H groups in total. The molecule has 64 valence electrons. The fourth-order valence-electron chi connectivity index (χ4n) is 2.77. The van der Waals surface area contributed by atoms with Crippen molar-refractivity contribution < 1.29 is 10.2 Å². The first-order valence-corrected chi connectivity index (χ1v) is 4.60. The zero-order valence-corrected chi connectivity index (χ0v) is 6.74.